The van der Waals surface area contributed by atoms with E-state index in [1.54, 1.807) is 0 Å². The predicted molar refractivity (Wildman–Crippen MR) is 233 cm³/mol. The van der Waals surface area contributed by atoms with E-state index < -0.39 is 74.2 Å². The lowest BCUT2D eigenvalue weighted by Gasteiger charge is -2.40. The van der Waals surface area contributed by atoms with Crippen LogP contribution in [0.15, 0.2) is 0 Å². The van der Waals surface area contributed by atoms with Gasteiger partial charge < -0.3 is 50.5 Å². The summed E-state index contributed by atoms with van der Waals surface area (Å²) >= 11 is 0. The van der Waals surface area contributed by atoms with Gasteiger partial charge in [0, 0.05) is 0 Å². The number of amides is 1. The maximum atomic E-state index is 13.1. The highest BCUT2D eigenvalue weighted by Gasteiger charge is 2.44. The van der Waals surface area contributed by atoms with Gasteiger partial charge in [0.05, 0.1) is 25.4 Å². The normalized spacial score (nSPS) is 21.8. The minimum Gasteiger partial charge on any atom is -0.394 e. The van der Waals surface area contributed by atoms with Crippen molar-refractivity contribution in [3.05, 3.63) is 0 Å². The fourth-order valence-corrected chi connectivity index (χ4v) is 8.09. The van der Waals surface area contributed by atoms with Crippen molar-refractivity contribution in [1.29, 1.82) is 0 Å². The van der Waals surface area contributed by atoms with Crippen molar-refractivity contribution in [1.82, 2.24) is 5.32 Å². The molecular weight excluding hydrogens is 739 g/mol. The van der Waals surface area contributed by atoms with E-state index in [0.717, 1.165) is 38.5 Å². The first-order valence-electron chi connectivity index (χ1n) is 24.4. The number of aliphatic hydroxyl groups is 7. The number of nitrogens with one attached hydrogen (secondary N) is 1. The predicted octanol–water partition coefficient (Wildman–Crippen LogP) is 8.28. The molecule has 1 amide bonds. The van der Waals surface area contributed by atoms with E-state index in [2.05, 4.69) is 19.2 Å². The van der Waals surface area contributed by atoms with Crippen LogP contribution in [-0.2, 0) is 14.3 Å². The summed E-state index contributed by atoms with van der Waals surface area (Å²) in [6, 6.07) is -1.16. The summed E-state index contributed by atoms with van der Waals surface area (Å²) < 4.78 is 11.1. The average molecular weight is 832 g/mol. The Morgan fingerprint density at radius 1 is 0.534 bits per heavy atom. The molecule has 1 fully saturated rings. The molecule has 1 aliphatic rings. The number of hydrogen-bond acceptors (Lipinski definition) is 10. The van der Waals surface area contributed by atoms with Gasteiger partial charge in [-0.15, -0.1) is 0 Å². The first-order chi connectivity index (χ1) is 28.2. The lowest BCUT2D eigenvalue weighted by molar-refractivity contribution is -0.303. The van der Waals surface area contributed by atoms with Crippen molar-refractivity contribution < 1.29 is 50.0 Å². The largest absolute Gasteiger partial charge is 0.394 e. The first kappa shape index (κ1) is 55.1. The Labute approximate surface area is 354 Å². The number of rotatable bonds is 41. The second kappa shape index (κ2) is 37.8. The molecule has 0 bridgehead atoms. The van der Waals surface area contributed by atoms with E-state index in [4.69, 9.17) is 9.47 Å². The molecule has 11 heteroatoms. The molecular formula is C47H93NO10. The molecule has 1 heterocycles. The second-order valence-electron chi connectivity index (χ2n) is 17.5. The van der Waals surface area contributed by atoms with Crippen LogP contribution in [0.1, 0.15) is 226 Å². The van der Waals surface area contributed by atoms with Gasteiger partial charge in [0.15, 0.2) is 6.29 Å². The Balaban J connectivity index is 2.40. The summed E-state index contributed by atoms with van der Waals surface area (Å²) in [7, 11) is 0. The maximum absolute atomic E-state index is 13.1. The average Bonchev–Trinajstić information content (AvgIpc) is 3.22. The van der Waals surface area contributed by atoms with Crippen LogP contribution in [0.5, 0.6) is 0 Å². The number of carbonyl (C=O) groups excluding carboxylic acids is 1. The molecule has 0 aliphatic carbocycles. The van der Waals surface area contributed by atoms with Crippen LogP contribution in [0.4, 0.5) is 0 Å². The Hall–Kier alpha value is -0.890. The highest BCUT2D eigenvalue weighted by atomic mass is 16.7. The van der Waals surface area contributed by atoms with E-state index in [0.29, 0.717) is 19.3 Å². The highest BCUT2D eigenvalue weighted by molar-refractivity contribution is 5.80. The number of carbonyl (C=O) groups is 1. The van der Waals surface area contributed by atoms with Gasteiger partial charge in [-0.1, -0.05) is 213 Å². The zero-order chi connectivity index (χ0) is 42.6. The van der Waals surface area contributed by atoms with Gasteiger partial charge in [0.25, 0.3) is 0 Å². The summed E-state index contributed by atoms with van der Waals surface area (Å²) in [6.45, 7) is 3.45. The Morgan fingerprint density at radius 3 is 1.28 bits per heavy atom. The monoisotopic (exact) mass is 832 g/mol. The van der Waals surface area contributed by atoms with E-state index in [1.807, 2.05) is 0 Å². The standard InChI is InChI=1S/C47H93NO10/c1-3-5-7-9-11-13-15-17-18-19-20-21-23-25-27-29-31-33-35-40(51)46(56)48-38(37-57-47-45(55)44(54)43(53)41(36-49)58-47)42(52)39(50)34-32-30-28-26-24-22-16-14-12-10-8-6-4-2/h38-45,47,49-55H,3-37H2,1-2H3,(H,48,56)/t38-,39+,40+,41+,42-,43+,44-,45+,47+/m0/s1. The maximum Gasteiger partial charge on any atom is 0.249 e. The van der Waals surface area contributed by atoms with Crippen molar-refractivity contribution >= 4 is 5.91 Å². The first-order valence-corrected chi connectivity index (χ1v) is 24.4. The molecule has 0 radical (unpaired) electrons. The van der Waals surface area contributed by atoms with Crippen molar-refractivity contribution in [2.75, 3.05) is 13.2 Å². The van der Waals surface area contributed by atoms with Crippen LogP contribution < -0.4 is 5.32 Å². The van der Waals surface area contributed by atoms with Gasteiger partial charge in [-0.05, 0) is 12.8 Å². The van der Waals surface area contributed by atoms with E-state index >= 15 is 0 Å². The van der Waals surface area contributed by atoms with Gasteiger partial charge >= 0.3 is 0 Å². The van der Waals surface area contributed by atoms with Crippen molar-refractivity contribution in [2.45, 2.75) is 281 Å². The molecule has 0 aromatic heterocycles. The van der Waals surface area contributed by atoms with Crippen LogP contribution >= 0.6 is 0 Å². The fourth-order valence-electron chi connectivity index (χ4n) is 8.09. The van der Waals surface area contributed by atoms with Crippen LogP contribution in [-0.4, -0.2) is 110 Å². The Bertz CT molecular complexity index is 913. The molecule has 11 nitrogen and oxygen atoms in total. The third-order valence-corrected chi connectivity index (χ3v) is 12.2. The number of unbranched alkanes of at least 4 members (excludes halogenated alkanes) is 29. The van der Waals surface area contributed by atoms with Gasteiger partial charge in [-0.25, -0.2) is 0 Å². The van der Waals surface area contributed by atoms with Crippen molar-refractivity contribution in [3.63, 3.8) is 0 Å². The molecule has 1 aliphatic heterocycles. The molecule has 58 heavy (non-hydrogen) atoms. The van der Waals surface area contributed by atoms with Crippen LogP contribution in [0, 0.1) is 0 Å². The third-order valence-electron chi connectivity index (χ3n) is 12.2. The smallest absolute Gasteiger partial charge is 0.249 e. The molecule has 0 saturated carbocycles. The van der Waals surface area contributed by atoms with Gasteiger partial charge in [0.2, 0.25) is 5.91 Å². The fraction of sp³-hybridized carbons (Fsp3) is 0.979. The second-order valence-corrected chi connectivity index (χ2v) is 17.5. The van der Waals surface area contributed by atoms with E-state index in [-0.39, 0.29) is 6.42 Å². The molecule has 0 unspecified atom stereocenters. The van der Waals surface area contributed by atoms with Gasteiger partial charge in [-0.2, -0.15) is 0 Å². The zero-order valence-electron chi connectivity index (χ0n) is 37.3. The van der Waals surface area contributed by atoms with Crippen molar-refractivity contribution in [3.8, 4) is 0 Å². The Kier molecular flexibility index (Phi) is 36.0. The number of hydrogen-bond donors (Lipinski definition) is 8. The minimum atomic E-state index is -1.66. The van der Waals surface area contributed by atoms with Crippen molar-refractivity contribution in [2.24, 2.45) is 0 Å². The molecule has 0 aromatic carbocycles. The number of ether oxygens (including phenoxy) is 2. The summed E-state index contributed by atoms with van der Waals surface area (Å²) in [4.78, 5) is 13.1. The van der Waals surface area contributed by atoms with Crippen LogP contribution in [0.25, 0.3) is 0 Å². The molecule has 1 rings (SSSR count). The van der Waals surface area contributed by atoms with Gasteiger partial charge in [-0.3, -0.25) is 4.79 Å². The molecule has 0 aromatic rings. The highest BCUT2D eigenvalue weighted by Crippen LogP contribution is 2.23. The van der Waals surface area contributed by atoms with E-state index in [9.17, 15) is 40.5 Å². The van der Waals surface area contributed by atoms with E-state index in [1.165, 1.54) is 148 Å². The molecule has 9 atom stereocenters. The summed E-state index contributed by atoms with van der Waals surface area (Å²) in [5, 5.41) is 75.7. The quantitative estimate of drug-likeness (QED) is 0.0279. The molecule has 8 N–H and O–H groups in total. The molecule has 1 saturated heterocycles. The zero-order valence-corrected chi connectivity index (χ0v) is 37.3. The summed E-state index contributed by atoms with van der Waals surface area (Å²) in [6.07, 6.45) is 27.2. The van der Waals surface area contributed by atoms with Crippen LogP contribution in [0.2, 0.25) is 0 Å². The van der Waals surface area contributed by atoms with Gasteiger partial charge in [0.1, 0.15) is 36.6 Å². The third kappa shape index (κ3) is 27.1. The molecule has 0 spiro atoms. The lowest BCUT2D eigenvalue weighted by atomic mass is 9.98. The minimum absolute atomic E-state index is 0.266. The summed E-state index contributed by atoms with van der Waals surface area (Å²) in [5.41, 5.74) is 0. The Morgan fingerprint density at radius 2 is 0.897 bits per heavy atom. The van der Waals surface area contributed by atoms with Crippen LogP contribution in [0.3, 0.4) is 0 Å². The SMILES string of the molecule is CCCCCCCCCCCCCCCCCCCC[C@@H](O)C(=O)N[C@@H](CO[C@@H]1O[C@H](CO)[C@@H](O)[C@H](O)[C@H]1O)[C@H](O)[C@H](O)CCCCCCCCCCCCCCC. The lowest BCUT2D eigenvalue weighted by Crippen LogP contribution is -2.60. The summed E-state index contributed by atoms with van der Waals surface area (Å²) in [5.74, 6) is -0.693. The topological polar surface area (TPSA) is 189 Å². The molecule has 346 valence electrons. The number of aliphatic hydroxyl groups excluding tert-OH is 7.